The number of alkyl halides is 3. The first-order chi connectivity index (χ1) is 18.0. The van der Waals surface area contributed by atoms with E-state index in [0.29, 0.717) is 49.4 Å². The van der Waals surface area contributed by atoms with Crippen molar-refractivity contribution in [2.24, 2.45) is 5.92 Å². The number of piperidine rings is 1. The number of piperazine rings is 1. The Bertz CT molecular complexity index is 1100. The van der Waals surface area contributed by atoms with E-state index >= 15 is 0 Å². The van der Waals surface area contributed by atoms with Gasteiger partial charge >= 0.3 is 6.18 Å². The van der Waals surface area contributed by atoms with E-state index in [2.05, 4.69) is 29.0 Å². The average Bonchev–Trinajstić information content (AvgIpc) is 2.89. The maximum atomic E-state index is 13.4. The van der Waals surface area contributed by atoms with Crippen LogP contribution >= 0.6 is 11.6 Å². The first kappa shape index (κ1) is 28.6. The Kier molecular flexibility index (Phi) is 9.21. The second kappa shape index (κ2) is 12.2. The van der Waals surface area contributed by atoms with E-state index in [1.54, 1.807) is 6.07 Å². The first-order valence-electron chi connectivity index (χ1n) is 13.2. The zero-order chi connectivity index (χ0) is 27.4. The molecule has 0 aromatic heterocycles. The standard InChI is InChI=1S/C28H35ClF4N4O/c1-19(2)37-11-10-26(20(18-37)6-9-27(38)34-22-7-8-25(30)24(29)17-22)36-14-12-35(13-15-36)23-5-3-4-21(16-23)28(31,32)33/h3-5,7-8,16-17,19-20,26H,6,9-15,18H2,1-2H3,(H,34,38)/t20-,26+/m1/s1. The Hall–Kier alpha value is -2.36. The Morgan fingerprint density at radius 1 is 1.08 bits per heavy atom. The van der Waals surface area contributed by atoms with Gasteiger partial charge in [-0.2, -0.15) is 13.2 Å². The number of carbonyl (C=O) groups is 1. The van der Waals surface area contributed by atoms with Gasteiger partial charge in [-0.1, -0.05) is 17.7 Å². The molecule has 0 radical (unpaired) electrons. The minimum Gasteiger partial charge on any atom is -0.369 e. The third-order valence-corrected chi connectivity index (χ3v) is 8.01. The number of amides is 1. The molecular weight excluding hydrogens is 520 g/mol. The number of halogens is 5. The molecule has 2 atom stereocenters. The molecule has 0 saturated carbocycles. The van der Waals surface area contributed by atoms with Gasteiger partial charge in [0, 0.05) is 62.6 Å². The van der Waals surface area contributed by atoms with Gasteiger partial charge < -0.3 is 15.1 Å². The van der Waals surface area contributed by atoms with Gasteiger partial charge in [-0.05, 0) is 75.5 Å². The van der Waals surface area contributed by atoms with E-state index in [1.807, 2.05) is 4.90 Å². The van der Waals surface area contributed by atoms with Crippen molar-refractivity contribution in [3.8, 4) is 0 Å². The van der Waals surface area contributed by atoms with Gasteiger partial charge in [-0.15, -0.1) is 0 Å². The predicted molar refractivity (Wildman–Crippen MR) is 143 cm³/mol. The average molecular weight is 555 g/mol. The van der Waals surface area contributed by atoms with Crippen LogP contribution in [-0.4, -0.2) is 67.1 Å². The maximum absolute atomic E-state index is 13.4. The SMILES string of the molecule is CC(C)N1CC[C@H](N2CCN(c3cccc(C(F)(F)F)c3)CC2)[C@H](CCC(=O)Nc2ccc(F)c(Cl)c2)C1. The van der Waals surface area contributed by atoms with Crippen LogP contribution in [0, 0.1) is 11.7 Å². The van der Waals surface area contributed by atoms with Crippen LogP contribution in [-0.2, 0) is 11.0 Å². The lowest BCUT2D eigenvalue weighted by atomic mass is 9.86. The van der Waals surface area contributed by atoms with Crippen molar-refractivity contribution in [3.63, 3.8) is 0 Å². The van der Waals surface area contributed by atoms with Gasteiger partial charge in [-0.3, -0.25) is 9.69 Å². The van der Waals surface area contributed by atoms with Gasteiger partial charge in [0.2, 0.25) is 5.91 Å². The molecule has 5 nitrogen and oxygen atoms in total. The third-order valence-electron chi connectivity index (χ3n) is 7.72. The third kappa shape index (κ3) is 7.18. The molecule has 1 N–H and O–H groups in total. The van der Waals surface area contributed by atoms with E-state index in [-0.39, 0.29) is 16.8 Å². The molecule has 2 aromatic rings. The van der Waals surface area contributed by atoms with Crippen LogP contribution < -0.4 is 10.2 Å². The summed E-state index contributed by atoms with van der Waals surface area (Å²) in [6.07, 6.45) is -2.32. The Labute approximate surface area is 226 Å². The lowest BCUT2D eigenvalue weighted by Crippen LogP contribution is -2.57. The van der Waals surface area contributed by atoms with Crippen LogP contribution in [0.2, 0.25) is 5.02 Å². The molecule has 4 rings (SSSR count). The van der Waals surface area contributed by atoms with Crippen LogP contribution in [0.5, 0.6) is 0 Å². The van der Waals surface area contributed by atoms with Crippen molar-refractivity contribution < 1.29 is 22.4 Å². The van der Waals surface area contributed by atoms with Crippen LogP contribution in [0.4, 0.5) is 28.9 Å². The molecule has 2 aliphatic heterocycles. The summed E-state index contributed by atoms with van der Waals surface area (Å²) < 4.78 is 53.0. The molecule has 2 heterocycles. The second-order valence-electron chi connectivity index (χ2n) is 10.5. The summed E-state index contributed by atoms with van der Waals surface area (Å²) in [7, 11) is 0. The predicted octanol–water partition coefficient (Wildman–Crippen LogP) is 6.14. The van der Waals surface area contributed by atoms with E-state index in [0.717, 1.165) is 38.7 Å². The summed E-state index contributed by atoms with van der Waals surface area (Å²) in [6.45, 7) is 9.07. The highest BCUT2D eigenvalue weighted by Crippen LogP contribution is 2.33. The van der Waals surface area contributed by atoms with E-state index in [9.17, 15) is 22.4 Å². The summed E-state index contributed by atoms with van der Waals surface area (Å²) in [4.78, 5) is 19.6. The zero-order valence-electron chi connectivity index (χ0n) is 21.8. The molecule has 0 spiro atoms. The lowest BCUT2D eigenvalue weighted by molar-refractivity contribution is -0.137. The summed E-state index contributed by atoms with van der Waals surface area (Å²) in [5.74, 6) is -0.382. The van der Waals surface area contributed by atoms with Crippen molar-refractivity contribution in [2.45, 2.75) is 51.4 Å². The summed E-state index contributed by atoms with van der Waals surface area (Å²) in [6, 6.07) is 10.4. The second-order valence-corrected chi connectivity index (χ2v) is 10.9. The van der Waals surface area contributed by atoms with Crippen molar-refractivity contribution >= 4 is 28.9 Å². The van der Waals surface area contributed by atoms with Crippen LogP contribution in [0.3, 0.4) is 0 Å². The topological polar surface area (TPSA) is 38.8 Å². The van der Waals surface area contributed by atoms with Crippen LogP contribution in [0.1, 0.15) is 38.7 Å². The highest BCUT2D eigenvalue weighted by molar-refractivity contribution is 6.31. The van der Waals surface area contributed by atoms with Crippen molar-refractivity contribution in [2.75, 3.05) is 49.5 Å². The summed E-state index contributed by atoms with van der Waals surface area (Å²) in [5, 5.41) is 2.78. The Balaban J connectivity index is 1.37. The van der Waals surface area contributed by atoms with E-state index in [4.69, 9.17) is 11.6 Å². The molecule has 0 bridgehead atoms. The minimum absolute atomic E-state index is 0.0352. The normalized spacial score (nSPS) is 21.6. The Morgan fingerprint density at radius 3 is 2.47 bits per heavy atom. The summed E-state index contributed by atoms with van der Waals surface area (Å²) in [5.41, 5.74) is 0.444. The molecule has 1 amide bonds. The highest BCUT2D eigenvalue weighted by atomic mass is 35.5. The number of rotatable bonds is 7. The van der Waals surface area contributed by atoms with Crippen molar-refractivity contribution in [1.82, 2.24) is 9.80 Å². The number of carbonyl (C=O) groups excluding carboxylic acids is 1. The molecule has 2 aliphatic rings. The van der Waals surface area contributed by atoms with Gasteiger partial charge in [0.25, 0.3) is 0 Å². The van der Waals surface area contributed by atoms with E-state index in [1.165, 1.54) is 30.3 Å². The number of hydrogen-bond donors (Lipinski definition) is 1. The molecule has 38 heavy (non-hydrogen) atoms. The molecule has 2 saturated heterocycles. The maximum Gasteiger partial charge on any atom is 0.416 e. The number of anilines is 2. The monoisotopic (exact) mass is 554 g/mol. The minimum atomic E-state index is -4.36. The van der Waals surface area contributed by atoms with E-state index < -0.39 is 17.6 Å². The van der Waals surface area contributed by atoms with Crippen LogP contribution in [0.15, 0.2) is 42.5 Å². The number of hydrogen-bond acceptors (Lipinski definition) is 4. The number of nitrogens with one attached hydrogen (secondary N) is 1. The largest absolute Gasteiger partial charge is 0.416 e. The molecular formula is C28H35ClF4N4O. The van der Waals surface area contributed by atoms with Crippen LogP contribution in [0.25, 0.3) is 0 Å². The van der Waals surface area contributed by atoms with Crippen molar-refractivity contribution in [1.29, 1.82) is 0 Å². The van der Waals surface area contributed by atoms with Gasteiger partial charge in [-0.25, -0.2) is 4.39 Å². The van der Waals surface area contributed by atoms with Gasteiger partial charge in [0.1, 0.15) is 5.82 Å². The van der Waals surface area contributed by atoms with Gasteiger partial charge in [0.15, 0.2) is 0 Å². The molecule has 2 aromatic carbocycles. The molecule has 208 valence electrons. The number of benzene rings is 2. The van der Waals surface area contributed by atoms with Crippen molar-refractivity contribution in [3.05, 3.63) is 58.9 Å². The highest BCUT2D eigenvalue weighted by Gasteiger charge is 2.36. The lowest BCUT2D eigenvalue weighted by Gasteiger charge is -2.48. The quantitative estimate of drug-likeness (QED) is 0.417. The fourth-order valence-corrected chi connectivity index (χ4v) is 5.77. The first-order valence-corrected chi connectivity index (χ1v) is 13.5. The molecule has 0 unspecified atom stereocenters. The molecule has 10 heteroatoms. The summed E-state index contributed by atoms with van der Waals surface area (Å²) >= 11 is 5.83. The fourth-order valence-electron chi connectivity index (χ4n) is 5.59. The molecule has 2 fully saturated rings. The zero-order valence-corrected chi connectivity index (χ0v) is 22.5. The number of nitrogens with zero attached hydrogens (tertiary/aromatic N) is 3. The van der Waals surface area contributed by atoms with Gasteiger partial charge in [0.05, 0.1) is 10.6 Å². The number of likely N-dealkylation sites (tertiary alicyclic amines) is 1. The molecule has 0 aliphatic carbocycles. The Morgan fingerprint density at radius 2 is 1.82 bits per heavy atom. The smallest absolute Gasteiger partial charge is 0.369 e. The fraction of sp³-hybridized carbons (Fsp3) is 0.536.